The molecule has 0 atom stereocenters. The Morgan fingerprint density at radius 2 is 2.00 bits per heavy atom. The van der Waals surface area contributed by atoms with E-state index >= 15 is 0 Å². The van der Waals surface area contributed by atoms with Crippen LogP contribution < -0.4 is 5.32 Å². The molecule has 0 spiro atoms. The van der Waals surface area contributed by atoms with E-state index < -0.39 is 0 Å². The molecule has 0 radical (unpaired) electrons. The van der Waals surface area contributed by atoms with Crippen LogP contribution in [0.2, 0.25) is 10.0 Å². The van der Waals surface area contributed by atoms with Crippen LogP contribution in [-0.4, -0.2) is 13.0 Å². The van der Waals surface area contributed by atoms with Crippen molar-refractivity contribution in [3.8, 4) is 0 Å². The topological polar surface area (TPSA) is 29.1 Å². The number of hydrogen-bond donors (Lipinski definition) is 1. The molecule has 13 heavy (non-hydrogen) atoms. The Hall–Kier alpha value is -0.730. The molecule has 4 heteroatoms. The number of carbonyl (C=O) groups is 1. The van der Waals surface area contributed by atoms with E-state index in [9.17, 15) is 4.79 Å². The molecule has 0 aromatic heterocycles. The molecular formula is C9H9Cl2NO. The highest BCUT2D eigenvalue weighted by Crippen LogP contribution is 2.24. The van der Waals surface area contributed by atoms with Gasteiger partial charge >= 0.3 is 0 Å². The Kier molecular flexibility index (Phi) is 3.17. The van der Waals surface area contributed by atoms with E-state index in [1.807, 2.05) is 0 Å². The number of amides is 1. The molecule has 0 unspecified atom stereocenters. The third-order valence-corrected chi connectivity index (χ3v) is 2.39. The summed E-state index contributed by atoms with van der Waals surface area (Å²) in [6.07, 6.45) is 0. The van der Waals surface area contributed by atoms with Gasteiger partial charge in [-0.3, -0.25) is 4.79 Å². The Bertz CT molecular complexity index is 350. The Balaban J connectivity index is 3.28. The highest BCUT2D eigenvalue weighted by molar-refractivity contribution is 6.35. The van der Waals surface area contributed by atoms with Crippen LogP contribution in [0.3, 0.4) is 0 Å². The van der Waals surface area contributed by atoms with Crippen molar-refractivity contribution in [1.29, 1.82) is 0 Å². The molecule has 0 aliphatic carbocycles. The molecule has 0 aliphatic heterocycles. The van der Waals surface area contributed by atoms with Crippen LogP contribution in [-0.2, 0) is 0 Å². The van der Waals surface area contributed by atoms with Crippen molar-refractivity contribution in [2.24, 2.45) is 0 Å². The van der Waals surface area contributed by atoms with Crippen molar-refractivity contribution < 1.29 is 4.79 Å². The van der Waals surface area contributed by atoms with Gasteiger partial charge in [0.2, 0.25) is 0 Å². The fraction of sp³-hybridized carbons (Fsp3) is 0.222. The fourth-order valence-electron chi connectivity index (χ4n) is 1.02. The van der Waals surface area contributed by atoms with Gasteiger partial charge in [0, 0.05) is 22.7 Å². The summed E-state index contributed by atoms with van der Waals surface area (Å²) < 4.78 is 0. The molecule has 0 saturated carbocycles. The van der Waals surface area contributed by atoms with Gasteiger partial charge in [0.25, 0.3) is 5.91 Å². The van der Waals surface area contributed by atoms with Crippen molar-refractivity contribution in [2.45, 2.75) is 6.92 Å². The van der Waals surface area contributed by atoms with Crippen molar-refractivity contribution in [3.63, 3.8) is 0 Å². The average Bonchev–Trinajstić information content (AvgIpc) is 2.10. The smallest absolute Gasteiger partial charge is 0.251 e. The first-order valence-electron chi connectivity index (χ1n) is 3.74. The zero-order valence-electron chi connectivity index (χ0n) is 7.32. The molecule has 1 rings (SSSR count). The van der Waals surface area contributed by atoms with Crippen LogP contribution in [0.25, 0.3) is 0 Å². The third-order valence-electron chi connectivity index (χ3n) is 1.78. The van der Waals surface area contributed by atoms with E-state index in [1.165, 1.54) is 0 Å². The minimum atomic E-state index is -0.179. The number of nitrogens with one attached hydrogen (secondary N) is 1. The van der Waals surface area contributed by atoms with Gasteiger partial charge in [0.1, 0.15) is 0 Å². The van der Waals surface area contributed by atoms with Crippen LogP contribution in [0.5, 0.6) is 0 Å². The second kappa shape index (κ2) is 3.99. The quantitative estimate of drug-likeness (QED) is 0.771. The fourth-order valence-corrected chi connectivity index (χ4v) is 1.51. The third kappa shape index (κ3) is 2.14. The van der Waals surface area contributed by atoms with Crippen molar-refractivity contribution in [1.82, 2.24) is 5.32 Å². The van der Waals surface area contributed by atoms with Gasteiger partial charge in [-0.15, -0.1) is 0 Å². The van der Waals surface area contributed by atoms with E-state index in [0.717, 1.165) is 5.56 Å². The van der Waals surface area contributed by atoms with Gasteiger partial charge in [-0.1, -0.05) is 23.2 Å². The van der Waals surface area contributed by atoms with Gasteiger partial charge < -0.3 is 5.32 Å². The van der Waals surface area contributed by atoms with Crippen molar-refractivity contribution >= 4 is 29.1 Å². The maximum Gasteiger partial charge on any atom is 0.251 e. The SMILES string of the molecule is CNC(=O)c1cc(Cl)cc(Cl)c1C. The first-order chi connectivity index (χ1) is 6.06. The molecule has 70 valence electrons. The van der Waals surface area contributed by atoms with Gasteiger partial charge in [0.15, 0.2) is 0 Å². The summed E-state index contributed by atoms with van der Waals surface area (Å²) in [6, 6.07) is 3.21. The van der Waals surface area contributed by atoms with E-state index in [4.69, 9.17) is 23.2 Å². The number of carbonyl (C=O) groups excluding carboxylic acids is 1. The zero-order chi connectivity index (χ0) is 10.0. The van der Waals surface area contributed by atoms with E-state index in [2.05, 4.69) is 5.32 Å². The molecule has 2 nitrogen and oxygen atoms in total. The maximum absolute atomic E-state index is 11.3. The maximum atomic E-state index is 11.3. The van der Waals surface area contributed by atoms with Crippen LogP contribution in [0.1, 0.15) is 15.9 Å². The van der Waals surface area contributed by atoms with Gasteiger partial charge in [-0.25, -0.2) is 0 Å². The second-order valence-electron chi connectivity index (χ2n) is 2.64. The predicted octanol–water partition coefficient (Wildman–Crippen LogP) is 2.66. The second-order valence-corrected chi connectivity index (χ2v) is 3.48. The van der Waals surface area contributed by atoms with Gasteiger partial charge in [-0.2, -0.15) is 0 Å². The molecule has 0 fully saturated rings. The van der Waals surface area contributed by atoms with Crippen LogP contribution in [0.4, 0.5) is 0 Å². The number of halogens is 2. The Morgan fingerprint density at radius 1 is 1.38 bits per heavy atom. The summed E-state index contributed by atoms with van der Waals surface area (Å²) >= 11 is 11.6. The summed E-state index contributed by atoms with van der Waals surface area (Å²) in [5, 5.41) is 3.49. The molecule has 1 aromatic carbocycles. The van der Waals surface area contributed by atoms with Crippen LogP contribution in [0.15, 0.2) is 12.1 Å². The number of hydrogen-bond acceptors (Lipinski definition) is 1. The summed E-state index contributed by atoms with van der Waals surface area (Å²) in [4.78, 5) is 11.3. The normalized spacial score (nSPS) is 9.85. The summed E-state index contributed by atoms with van der Waals surface area (Å²) in [7, 11) is 1.57. The highest BCUT2D eigenvalue weighted by Gasteiger charge is 2.10. The highest BCUT2D eigenvalue weighted by atomic mass is 35.5. The van der Waals surface area contributed by atoms with E-state index in [0.29, 0.717) is 15.6 Å². The zero-order valence-corrected chi connectivity index (χ0v) is 8.83. The van der Waals surface area contributed by atoms with E-state index in [1.54, 1.807) is 26.1 Å². The van der Waals surface area contributed by atoms with E-state index in [-0.39, 0.29) is 5.91 Å². The number of rotatable bonds is 1. The summed E-state index contributed by atoms with van der Waals surface area (Å²) in [5.74, 6) is -0.179. The Labute approximate surface area is 86.8 Å². The van der Waals surface area contributed by atoms with Gasteiger partial charge in [-0.05, 0) is 24.6 Å². The lowest BCUT2D eigenvalue weighted by Crippen LogP contribution is -2.19. The molecule has 1 aromatic rings. The molecule has 1 amide bonds. The molecule has 0 heterocycles. The molecule has 0 aliphatic rings. The summed E-state index contributed by atoms with van der Waals surface area (Å²) in [5.41, 5.74) is 1.26. The predicted molar refractivity (Wildman–Crippen MR) is 54.6 cm³/mol. The minimum absolute atomic E-state index is 0.179. The standard InChI is InChI=1S/C9H9Cl2NO/c1-5-7(9(13)12-2)3-6(10)4-8(5)11/h3-4H,1-2H3,(H,12,13). The first-order valence-corrected chi connectivity index (χ1v) is 4.49. The van der Waals surface area contributed by atoms with Crippen LogP contribution in [0, 0.1) is 6.92 Å². The summed E-state index contributed by atoms with van der Waals surface area (Å²) in [6.45, 7) is 1.78. The van der Waals surface area contributed by atoms with Crippen molar-refractivity contribution in [2.75, 3.05) is 7.05 Å². The lowest BCUT2D eigenvalue weighted by Gasteiger charge is -2.06. The molecular weight excluding hydrogens is 209 g/mol. The largest absolute Gasteiger partial charge is 0.355 e. The lowest BCUT2D eigenvalue weighted by molar-refractivity contribution is 0.0962. The van der Waals surface area contributed by atoms with Gasteiger partial charge in [0.05, 0.1) is 0 Å². The number of benzene rings is 1. The monoisotopic (exact) mass is 217 g/mol. The van der Waals surface area contributed by atoms with Crippen LogP contribution >= 0.6 is 23.2 Å². The first kappa shape index (κ1) is 10.4. The average molecular weight is 218 g/mol. The minimum Gasteiger partial charge on any atom is -0.355 e. The Morgan fingerprint density at radius 3 is 2.54 bits per heavy atom. The molecule has 0 saturated heterocycles. The van der Waals surface area contributed by atoms with Crippen molar-refractivity contribution in [3.05, 3.63) is 33.3 Å². The lowest BCUT2D eigenvalue weighted by atomic mass is 10.1. The molecule has 0 bridgehead atoms. The molecule has 1 N–H and O–H groups in total.